The number of nitrogens with zero attached hydrogens (tertiary/aromatic N) is 3. The Kier molecular flexibility index (Phi) is 4.50. The molecule has 0 aliphatic carbocycles. The van der Waals surface area contributed by atoms with Crippen LogP contribution in [0.25, 0.3) is 0 Å². The van der Waals surface area contributed by atoms with Crippen molar-refractivity contribution in [2.75, 3.05) is 16.8 Å². The van der Waals surface area contributed by atoms with Gasteiger partial charge in [-0.05, 0) is 35.7 Å². The minimum atomic E-state index is -0.842. The van der Waals surface area contributed by atoms with Crippen LogP contribution in [-0.4, -0.2) is 22.4 Å². The van der Waals surface area contributed by atoms with Crippen LogP contribution in [0.15, 0.2) is 54.7 Å². The van der Waals surface area contributed by atoms with Crippen LogP contribution in [0, 0.1) is 11.6 Å². The molecule has 3 aromatic rings. The van der Waals surface area contributed by atoms with E-state index in [1.807, 2.05) is 17.0 Å². The molecule has 0 radical (unpaired) electrons. The molecule has 0 saturated carbocycles. The molecule has 0 unspecified atom stereocenters. The van der Waals surface area contributed by atoms with E-state index in [9.17, 15) is 13.6 Å². The zero-order valence-electron chi connectivity index (χ0n) is 14.3. The lowest BCUT2D eigenvalue weighted by atomic mass is 10.0. The van der Waals surface area contributed by atoms with Gasteiger partial charge in [0.2, 0.25) is 5.95 Å². The van der Waals surface area contributed by atoms with Gasteiger partial charge in [-0.1, -0.05) is 24.3 Å². The highest BCUT2D eigenvalue weighted by molar-refractivity contribution is 6.03. The second-order valence-electron chi connectivity index (χ2n) is 6.26. The van der Waals surface area contributed by atoms with E-state index in [0.29, 0.717) is 18.6 Å². The summed E-state index contributed by atoms with van der Waals surface area (Å²) in [7, 11) is 0. The number of benzene rings is 2. The van der Waals surface area contributed by atoms with Gasteiger partial charge in [-0.3, -0.25) is 4.79 Å². The average molecular weight is 366 g/mol. The van der Waals surface area contributed by atoms with Crippen LogP contribution in [0.3, 0.4) is 0 Å². The fraction of sp³-hybridized carbons (Fsp3) is 0.150. The molecule has 1 N–H and O–H groups in total. The number of halogens is 2. The van der Waals surface area contributed by atoms with E-state index in [4.69, 9.17) is 0 Å². The lowest BCUT2D eigenvalue weighted by molar-refractivity contribution is 0.102. The summed E-state index contributed by atoms with van der Waals surface area (Å²) < 4.78 is 26.7. The maximum Gasteiger partial charge on any atom is 0.274 e. The predicted octanol–water partition coefficient (Wildman–Crippen LogP) is 3.57. The van der Waals surface area contributed by atoms with Crippen LogP contribution in [0.1, 0.15) is 21.6 Å². The maximum absolute atomic E-state index is 13.7. The molecule has 5 nitrogen and oxygen atoms in total. The quantitative estimate of drug-likeness (QED) is 0.770. The fourth-order valence-corrected chi connectivity index (χ4v) is 3.07. The molecule has 1 amide bonds. The highest BCUT2D eigenvalue weighted by Gasteiger charge is 2.19. The molecule has 1 aliphatic rings. The van der Waals surface area contributed by atoms with Crippen LogP contribution in [-0.2, 0) is 13.0 Å². The summed E-state index contributed by atoms with van der Waals surface area (Å²) in [6.45, 7) is 1.41. The van der Waals surface area contributed by atoms with Gasteiger partial charge in [-0.2, -0.15) is 0 Å². The molecule has 0 fully saturated rings. The van der Waals surface area contributed by atoms with Crippen molar-refractivity contribution in [3.8, 4) is 0 Å². The molecule has 136 valence electrons. The van der Waals surface area contributed by atoms with E-state index in [0.717, 1.165) is 19.0 Å². The first-order valence-corrected chi connectivity index (χ1v) is 8.51. The molecule has 2 heterocycles. The van der Waals surface area contributed by atoms with Gasteiger partial charge in [0.15, 0.2) is 0 Å². The van der Waals surface area contributed by atoms with Gasteiger partial charge >= 0.3 is 0 Å². The molecule has 0 spiro atoms. The number of fused-ring (bicyclic) bond motifs is 1. The molecule has 27 heavy (non-hydrogen) atoms. The van der Waals surface area contributed by atoms with Crippen molar-refractivity contribution in [2.24, 2.45) is 0 Å². The Hall–Kier alpha value is -3.35. The Morgan fingerprint density at radius 1 is 1.07 bits per heavy atom. The lowest BCUT2D eigenvalue weighted by Crippen LogP contribution is -2.32. The van der Waals surface area contributed by atoms with Crippen molar-refractivity contribution in [2.45, 2.75) is 13.0 Å². The van der Waals surface area contributed by atoms with Crippen LogP contribution in [0.2, 0.25) is 0 Å². The molecule has 4 rings (SSSR count). The third-order valence-electron chi connectivity index (χ3n) is 4.47. The smallest absolute Gasteiger partial charge is 0.274 e. The van der Waals surface area contributed by atoms with Crippen molar-refractivity contribution in [3.05, 3.63) is 83.2 Å². The average Bonchev–Trinajstić information content (AvgIpc) is 2.70. The number of carbonyl (C=O) groups is 1. The zero-order chi connectivity index (χ0) is 18.8. The standard InChI is InChI=1S/C20H16F2N4O/c21-15-5-6-17(16(22)11-15)24-19(27)18-7-9-23-20(25-18)26-10-8-13-3-1-2-4-14(13)12-26/h1-7,9,11H,8,10,12H2,(H,24,27). The van der Waals surface area contributed by atoms with Crippen LogP contribution >= 0.6 is 0 Å². The van der Waals surface area contributed by atoms with Crippen LogP contribution in [0.5, 0.6) is 0 Å². The van der Waals surface area contributed by atoms with Crippen LogP contribution < -0.4 is 10.2 Å². The summed E-state index contributed by atoms with van der Waals surface area (Å²) in [5, 5.41) is 2.41. The Balaban J connectivity index is 1.53. The predicted molar refractivity (Wildman–Crippen MR) is 97.5 cm³/mol. The maximum atomic E-state index is 13.7. The Morgan fingerprint density at radius 3 is 2.70 bits per heavy atom. The Bertz CT molecular complexity index is 1010. The van der Waals surface area contributed by atoms with Gasteiger partial charge in [-0.25, -0.2) is 18.7 Å². The zero-order valence-corrected chi connectivity index (χ0v) is 14.3. The molecular weight excluding hydrogens is 350 g/mol. The second-order valence-corrected chi connectivity index (χ2v) is 6.26. The number of amides is 1. The van der Waals surface area contributed by atoms with Crippen molar-refractivity contribution in [1.29, 1.82) is 0 Å². The summed E-state index contributed by atoms with van der Waals surface area (Å²) in [6.07, 6.45) is 2.37. The van der Waals surface area contributed by atoms with E-state index < -0.39 is 17.5 Å². The molecule has 0 saturated heterocycles. The van der Waals surface area contributed by atoms with E-state index >= 15 is 0 Å². The first-order valence-electron chi connectivity index (χ1n) is 8.51. The van der Waals surface area contributed by atoms with E-state index in [2.05, 4.69) is 27.4 Å². The Morgan fingerprint density at radius 2 is 1.89 bits per heavy atom. The van der Waals surface area contributed by atoms with Gasteiger partial charge < -0.3 is 10.2 Å². The first kappa shape index (κ1) is 17.1. The molecular formula is C20H16F2N4O. The number of aromatic nitrogens is 2. The normalized spacial score (nSPS) is 13.2. The molecule has 2 aromatic carbocycles. The lowest BCUT2D eigenvalue weighted by Gasteiger charge is -2.28. The number of nitrogens with one attached hydrogen (secondary N) is 1. The van der Waals surface area contributed by atoms with E-state index in [-0.39, 0.29) is 11.4 Å². The summed E-state index contributed by atoms with van der Waals surface area (Å²) >= 11 is 0. The third-order valence-corrected chi connectivity index (χ3v) is 4.47. The van der Waals surface area contributed by atoms with Gasteiger partial charge in [0.1, 0.15) is 17.3 Å². The number of carbonyl (C=O) groups excluding carboxylic acids is 1. The molecule has 0 atom stereocenters. The third kappa shape index (κ3) is 3.62. The first-order chi connectivity index (χ1) is 13.1. The topological polar surface area (TPSA) is 58.1 Å². The number of rotatable bonds is 3. The minimum absolute atomic E-state index is 0.103. The highest BCUT2D eigenvalue weighted by atomic mass is 19.1. The van der Waals surface area contributed by atoms with Crippen molar-refractivity contribution >= 4 is 17.5 Å². The van der Waals surface area contributed by atoms with Crippen molar-refractivity contribution in [1.82, 2.24) is 9.97 Å². The van der Waals surface area contributed by atoms with E-state index in [1.54, 1.807) is 0 Å². The number of hydrogen-bond donors (Lipinski definition) is 1. The molecule has 1 aliphatic heterocycles. The SMILES string of the molecule is O=C(Nc1ccc(F)cc1F)c1ccnc(N2CCc3ccccc3C2)n1. The Labute approximate surface area is 154 Å². The second kappa shape index (κ2) is 7.11. The summed E-state index contributed by atoms with van der Waals surface area (Å²) in [6, 6.07) is 12.6. The fourth-order valence-electron chi connectivity index (χ4n) is 3.07. The highest BCUT2D eigenvalue weighted by Crippen LogP contribution is 2.22. The molecule has 7 heteroatoms. The van der Waals surface area contributed by atoms with Gasteiger partial charge in [0, 0.05) is 25.4 Å². The summed E-state index contributed by atoms with van der Waals surface area (Å²) in [5.74, 6) is -1.69. The van der Waals surface area contributed by atoms with Gasteiger partial charge in [0.25, 0.3) is 5.91 Å². The van der Waals surface area contributed by atoms with Gasteiger partial charge in [-0.15, -0.1) is 0 Å². The van der Waals surface area contributed by atoms with Crippen molar-refractivity contribution in [3.63, 3.8) is 0 Å². The number of hydrogen-bond acceptors (Lipinski definition) is 4. The summed E-state index contributed by atoms with van der Waals surface area (Å²) in [4.78, 5) is 23.0. The summed E-state index contributed by atoms with van der Waals surface area (Å²) in [5.41, 5.74) is 2.51. The van der Waals surface area contributed by atoms with Gasteiger partial charge in [0.05, 0.1) is 5.69 Å². The van der Waals surface area contributed by atoms with Crippen LogP contribution in [0.4, 0.5) is 20.4 Å². The van der Waals surface area contributed by atoms with E-state index in [1.165, 1.54) is 29.5 Å². The minimum Gasteiger partial charge on any atom is -0.336 e. The molecule has 0 bridgehead atoms. The number of anilines is 2. The monoisotopic (exact) mass is 366 g/mol. The largest absolute Gasteiger partial charge is 0.336 e. The molecule has 1 aromatic heterocycles. The van der Waals surface area contributed by atoms with Crippen molar-refractivity contribution < 1.29 is 13.6 Å².